The Balaban J connectivity index is 1.82. The molecule has 1 N–H and O–H groups in total. The fourth-order valence-corrected chi connectivity index (χ4v) is 3.93. The number of halogens is 1. The summed E-state index contributed by atoms with van der Waals surface area (Å²) in [5.74, 6) is 2.05. The van der Waals surface area contributed by atoms with Gasteiger partial charge in [-0.3, -0.25) is 0 Å². The van der Waals surface area contributed by atoms with Crippen LogP contribution in [0.3, 0.4) is 0 Å². The second-order valence-corrected chi connectivity index (χ2v) is 5.86. The minimum absolute atomic E-state index is 0.0942. The molecule has 0 spiro atoms. The van der Waals surface area contributed by atoms with E-state index in [1.54, 1.807) is 12.1 Å². The lowest BCUT2D eigenvalue weighted by molar-refractivity contribution is 0.227. The molecule has 1 aliphatic heterocycles. The molecule has 0 radical (unpaired) electrons. The van der Waals surface area contributed by atoms with Gasteiger partial charge < -0.3 is 5.32 Å². The lowest BCUT2D eigenvalue weighted by Crippen LogP contribution is -2.38. The van der Waals surface area contributed by atoms with E-state index in [0.717, 1.165) is 24.9 Å². The van der Waals surface area contributed by atoms with Crippen LogP contribution in [0.4, 0.5) is 4.39 Å². The number of benzene rings is 1. The summed E-state index contributed by atoms with van der Waals surface area (Å²) in [5.41, 5.74) is 1.19. The molecule has 1 heterocycles. The molecule has 0 aromatic heterocycles. The fraction of sp³-hybridized carbons (Fsp3) is 0.625. The molecule has 1 nitrogen and oxygen atoms in total. The van der Waals surface area contributed by atoms with E-state index in [2.05, 4.69) is 11.4 Å². The second kappa shape index (κ2) is 5.40. The van der Waals surface area contributed by atoms with Crippen LogP contribution in [0.25, 0.3) is 0 Å². The molecular weight excluding hydrogens is 225 g/mol. The smallest absolute Gasteiger partial charge is 0.123 e. The predicted molar refractivity (Wildman–Crippen MR) is 72.1 cm³/mol. The molecule has 0 amide bonds. The van der Waals surface area contributed by atoms with Gasteiger partial charge in [-0.15, -0.1) is 0 Å². The van der Waals surface area contributed by atoms with Gasteiger partial charge in [0.2, 0.25) is 0 Å². The first-order valence-corrected chi connectivity index (χ1v) is 7.31. The van der Waals surface area contributed by atoms with Crippen molar-refractivity contribution >= 4 is 0 Å². The van der Waals surface area contributed by atoms with Gasteiger partial charge in [0.25, 0.3) is 0 Å². The van der Waals surface area contributed by atoms with Gasteiger partial charge in [0.15, 0.2) is 0 Å². The summed E-state index contributed by atoms with van der Waals surface area (Å²) in [6.45, 7) is 2.15. The molecule has 2 fully saturated rings. The molecule has 1 saturated heterocycles. The highest BCUT2D eigenvalue weighted by atomic mass is 19.1. The lowest BCUT2D eigenvalue weighted by atomic mass is 9.73. The maximum absolute atomic E-state index is 13.4. The van der Waals surface area contributed by atoms with Crippen molar-refractivity contribution in [3.63, 3.8) is 0 Å². The Labute approximate surface area is 109 Å². The van der Waals surface area contributed by atoms with Crippen LogP contribution in [-0.2, 0) is 0 Å². The van der Waals surface area contributed by atoms with Crippen molar-refractivity contribution < 1.29 is 4.39 Å². The predicted octanol–water partition coefficient (Wildman–Crippen LogP) is 3.71. The molecule has 18 heavy (non-hydrogen) atoms. The van der Waals surface area contributed by atoms with Crippen LogP contribution < -0.4 is 5.32 Å². The Bertz CT molecular complexity index is 398. The normalized spacial score (nSPS) is 29.6. The first kappa shape index (κ1) is 12.2. The average Bonchev–Trinajstić information content (AvgIpc) is 2.92. The maximum atomic E-state index is 13.4. The molecule has 2 unspecified atom stereocenters. The number of nitrogens with one attached hydrogen (secondary N) is 1. The molecule has 2 heteroatoms. The fourth-order valence-electron chi connectivity index (χ4n) is 3.93. The molecule has 2 aliphatic rings. The third-order valence-corrected chi connectivity index (χ3v) is 4.82. The van der Waals surface area contributed by atoms with Gasteiger partial charge in [0.05, 0.1) is 0 Å². The molecule has 1 aromatic carbocycles. The van der Waals surface area contributed by atoms with Crippen LogP contribution in [0.1, 0.15) is 43.6 Å². The van der Waals surface area contributed by atoms with Crippen LogP contribution in [0, 0.1) is 17.7 Å². The minimum Gasteiger partial charge on any atom is -0.316 e. The largest absolute Gasteiger partial charge is 0.316 e. The summed E-state index contributed by atoms with van der Waals surface area (Å²) in [7, 11) is 0. The molecule has 2 atom stereocenters. The lowest BCUT2D eigenvalue weighted by Gasteiger charge is -2.36. The summed E-state index contributed by atoms with van der Waals surface area (Å²) in [6.07, 6.45) is 6.81. The van der Waals surface area contributed by atoms with E-state index in [4.69, 9.17) is 0 Å². The van der Waals surface area contributed by atoms with Gasteiger partial charge in [0, 0.05) is 6.54 Å². The van der Waals surface area contributed by atoms with Gasteiger partial charge >= 0.3 is 0 Å². The molecule has 1 aliphatic carbocycles. The van der Waals surface area contributed by atoms with Crippen molar-refractivity contribution in [2.75, 3.05) is 13.1 Å². The van der Waals surface area contributed by atoms with Crippen LogP contribution in [-0.4, -0.2) is 13.1 Å². The summed E-state index contributed by atoms with van der Waals surface area (Å²) >= 11 is 0. The standard InChI is InChI=1S/C16H22FN/c17-14-7-3-6-13(10-14)16-11-18-9-8-15(16)12-4-1-2-5-12/h3,6-7,10,12,15-16,18H,1-2,4-5,8-9,11H2. The maximum Gasteiger partial charge on any atom is 0.123 e. The van der Waals surface area contributed by atoms with Gasteiger partial charge in [-0.1, -0.05) is 37.8 Å². The average molecular weight is 247 g/mol. The summed E-state index contributed by atoms with van der Waals surface area (Å²) < 4.78 is 13.4. The topological polar surface area (TPSA) is 12.0 Å². The van der Waals surface area contributed by atoms with Crippen molar-refractivity contribution in [2.45, 2.75) is 38.0 Å². The van der Waals surface area contributed by atoms with Crippen LogP contribution in [0.15, 0.2) is 24.3 Å². The van der Waals surface area contributed by atoms with Gasteiger partial charge in [0.1, 0.15) is 5.82 Å². The van der Waals surface area contributed by atoms with Gasteiger partial charge in [-0.05, 0) is 48.4 Å². The molecule has 1 saturated carbocycles. The zero-order valence-corrected chi connectivity index (χ0v) is 10.9. The number of hydrogen-bond donors (Lipinski definition) is 1. The second-order valence-electron chi connectivity index (χ2n) is 5.86. The van der Waals surface area contributed by atoms with E-state index in [1.807, 2.05) is 6.07 Å². The van der Waals surface area contributed by atoms with Crippen LogP contribution >= 0.6 is 0 Å². The molecule has 3 rings (SSSR count). The van der Waals surface area contributed by atoms with Crippen LogP contribution in [0.2, 0.25) is 0 Å². The summed E-state index contributed by atoms with van der Waals surface area (Å²) in [6, 6.07) is 7.23. The summed E-state index contributed by atoms with van der Waals surface area (Å²) in [5, 5.41) is 3.48. The van der Waals surface area contributed by atoms with Gasteiger partial charge in [-0.25, -0.2) is 4.39 Å². The number of rotatable bonds is 2. The Hall–Kier alpha value is -0.890. The first-order chi connectivity index (χ1) is 8.84. The third-order valence-electron chi connectivity index (χ3n) is 4.82. The van der Waals surface area contributed by atoms with E-state index < -0.39 is 0 Å². The first-order valence-electron chi connectivity index (χ1n) is 7.31. The van der Waals surface area contributed by atoms with Crippen molar-refractivity contribution in [1.82, 2.24) is 5.32 Å². The van der Waals surface area contributed by atoms with Crippen molar-refractivity contribution in [3.05, 3.63) is 35.6 Å². The molecule has 98 valence electrons. The quantitative estimate of drug-likeness (QED) is 0.840. The Morgan fingerprint density at radius 1 is 1.11 bits per heavy atom. The van der Waals surface area contributed by atoms with E-state index in [0.29, 0.717) is 5.92 Å². The monoisotopic (exact) mass is 247 g/mol. The van der Waals surface area contributed by atoms with E-state index >= 15 is 0 Å². The number of hydrogen-bond acceptors (Lipinski definition) is 1. The van der Waals surface area contributed by atoms with Crippen LogP contribution in [0.5, 0.6) is 0 Å². The Morgan fingerprint density at radius 3 is 2.72 bits per heavy atom. The van der Waals surface area contributed by atoms with Crippen molar-refractivity contribution in [1.29, 1.82) is 0 Å². The van der Waals surface area contributed by atoms with E-state index in [-0.39, 0.29) is 5.82 Å². The highest BCUT2D eigenvalue weighted by Gasteiger charge is 2.34. The van der Waals surface area contributed by atoms with E-state index in [1.165, 1.54) is 37.7 Å². The third kappa shape index (κ3) is 2.44. The Kier molecular flexibility index (Phi) is 3.64. The number of piperidine rings is 1. The van der Waals surface area contributed by atoms with Gasteiger partial charge in [-0.2, -0.15) is 0 Å². The van der Waals surface area contributed by atoms with Crippen molar-refractivity contribution in [3.8, 4) is 0 Å². The molecule has 1 aromatic rings. The highest BCUT2D eigenvalue weighted by Crippen LogP contribution is 2.42. The molecular formula is C16H22FN. The van der Waals surface area contributed by atoms with Crippen molar-refractivity contribution in [2.24, 2.45) is 11.8 Å². The zero-order valence-electron chi connectivity index (χ0n) is 10.9. The molecule has 0 bridgehead atoms. The highest BCUT2D eigenvalue weighted by molar-refractivity contribution is 5.23. The SMILES string of the molecule is Fc1cccc(C2CNCCC2C2CCCC2)c1. The zero-order chi connectivity index (χ0) is 12.4. The minimum atomic E-state index is -0.0942. The van der Waals surface area contributed by atoms with E-state index in [9.17, 15) is 4.39 Å². The Morgan fingerprint density at radius 2 is 1.94 bits per heavy atom. The summed E-state index contributed by atoms with van der Waals surface area (Å²) in [4.78, 5) is 0.